The minimum absolute atomic E-state index is 0.330. The van der Waals surface area contributed by atoms with Crippen LogP contribution in [0.4, 0.5) is 0 Å². The molecule has 0 aliphatic rings. The summed E-state index contributed by atoms with van der Waals surface area (Å²) in [6, 6.07) is 9.08. The summed E-state index contributed by atoms with van der Waals surface area (Å²) in [7, 11) is 0. The molecule has 0 aliphatic heterocycles. The van der Waals surface area contributed by atoms with Crippen LogP contribution in [0.2, 0.25) is 0 Å². The number of hydrogen-bond acceptors (Lipinski definition) is 0. The molecule has 0 amide bonds. The van der Waals surface area contributed by atoms with Crippen molar-refractivity contribution >= 4 is 0 Å². The molecule has 1 aromatic carbocycles. The maximum absolute atomic E-state index is 2.38. The SMILES string of the molecule is CCCCCCCCCC(C)(C)c1ccc(C)cc1. The predicted octanol–water partition coefficient (Wildman–Crippen LogP) is 6.41. The maximum Gasteiger partial charge on any atom is -0.0104 e. The van der Waals surface area contributed by atoms with Crippen LogP contribution in [0.1, 0.15) is 83.3 Å². The van der Waals surface area contributed by atoms with Crippen molar-refractivity contribution in [3.63, 3.8) is 0 Å². The number of unbranched alkanes of at least 4 members (excludes halogenated alkanes) is 6. The first-order valence-corrected chi connectivity index (χ1v) is 8.13. The third kappa shape index (κ3) is 6.27. The van der Waals surface area contributed by atoms with E-state index >= 15 is 0 Å². The second-order valence-electron chi connectivity index (χ2n) is 6.62. The van der Waals surface area contributed by atoms with Crippen LogP contribution < -0.4 is 0 Å². The van der Waals surface area contributed by atoms with E-state index in [1.807, 2.05) is 0 Å². The Balaban J connectivity index is 2.25. The highest BCUT2D eigenvalue weighted by Crippen LogP contribution is 2.29. The quantitative estimate of drug-likeness (QED) is 0.450. The van der Waals surface area contributed by atoms with E-state index in [0.717, 1.165) is 0 Å². The standard InChI is InChI=1S/C19H32/c1-5-6-7-8-9-10-11-16-19(3,4)18-14-12-17(2)13-15-18/h12-15H,5-11,16H2,1-4H3. The summed E-state index contributed by atoms with van der Waals surface area (Å²) in [5.74, 6) is 0. The number of rotatable bonds is 9. The van der Waals surface area contributed by atoms with E-state index in [-0.39, 0.29) is 0 Å². The summed E-state index contributed by atoms with van der Waals surface area (Å²) in [6.07, 6.45) is 11.1. The van der Waals surface area contributed by atoms with E-state index in [0.29, 0.717) is 5.41 Å². The van der Waals surface area contributed by atoms with E-state index in [1.54, 1.807) is 0 Å². The Kier molecular flexibility index (Phi) is 7.20. The average Bonchev–Trinajstić information content (AvgIpc) is 2.38. The highest BCUT2D eigenvalue weighted by molar-refractivity contribution is 5.27. The topological polar surface area (TPSA) is 0 Å². The van der Waals surface area contributed by atoms with Gasteiger partial charge < -0.3 is 0 Å². The van der Waals surface area contributed by atoms with Crippen LogP contribution >= 0.6 is 0 Å². The van der Waals surface area contributed by atoms with Crippen molar-refractivity contribution in [2.45, 2.75) is 84.5 Å². The Morgan fingerprint density at radius 3 is 1.89 bits per heavy atom. The van der Waals surface area contributed by atoms with Gasteiger partial charge in [0.05, 0.1) is 0 Å². The lowest BCUT2D eigenvalue weighted by atomic mass is 9.80. The van der Waals surface area contributed by atoms with Crippen LogP contribution in [0.25, 0.3) is 0 Å². The molecule has 0 atom stereocenters. The van der Waals surface area contributed by atoms with Gasteiger partial charge in [0.15, 0.2) is 0 Å². The second kappa shape index (κ2) is 8.40. The van der Waals surface area contributed by atoms with E-state index in [4.69, 9.17) is 0 Å². The van der Waals surface area contributed by atoms with Gasteiger partial charge in [0, 0.05) is 0 Å². The molecule has 0 heterocycles. The summed E-state index contributed by atoms with van der Waals surface area (Å²) >= 11 is 0. The lowest BCUT2D eigenvalue weighted by molar-refractivity contribution is 0.442. The molecular formula is C19H32. The largest absolute Gasteiger partial charge is 0.0654 e. The van der Waals surface area contributed by atoms with Crippen molar-refractivity contribution in [1.82, 2.24) is 0 Å². The van der Waals surface area contributed by atoms with Crippen LogP contribution in [0.5, 0.6) is 0 Å². The Hall–Kier alpha value is -0.780. The monoisotopic (exact) mass is 260 g/mol. The van der Waals surface area contributed by atoms with Crippen molar-refractivity contribution in [1.29, 1.82) is 0 Å². The molecule has 19 heavy (non-hydrogen) atoms. The zero-order valence-corrected chi connectivity index (χ0v) is 13.5. The molecule has 0 spiro atoms. The van der Waals surface area contributed by atoms with E-state index in [9.17, 15) is 0 Å². The molecule has 0 saturated heterocycles. The van der Waals surface area contributed by atoms with Gasteiger partial charge in [0.1, 0.15) is 0 Å². The van der Waals surface area contributed by atoms with Gasteiger partial charge in [-0.1, -0.05) is 95.5 Å². The fourth-order valence-corrected chi connectivity index (χ4v) is 2.67. The summed E-state index contributed by atoms with van der Waals surface area (Å²) < 4.78 is 0. The van der Waals surface area contributed by atoms with E-state index < -0.39 is 0 Å². The van der Waals surface area contributed by atoms with Crippen LogP contribution in [0.3, 0.4) is 0 Å². The molecule has 0 N–H and O–H groups in total. The highest BCUT2D eigenvalue weighted by atomic mass is 14.2. The van der Waals surface area contributed by atoms with Crippen LogP contribution in [0.15, 0.2) is 24.3 Å². The highest BCUT2D eigenvalue weighted by Gasteiger charge is 2.19. The van der Waals surface area contributed by atoms with Crippen molar-refractivity contribution in [2.75, 3.05) is 0 Å². The van der Waals surface area contributed by atoms with Gasteiger partial charge in [-0.15, -0.1) is 0 Å². The molecule has 1 rings (SSSR count). The van der Waals surface area contributed by atoms with Crippen LogP contribution in [-0.2, 0) is 5.41 Å². The second-order valence-corrected chi connectivity index (χ2v) is 6.62. The average molecular weight is 260 g/mol. The molecule has 1 aromatic rings. The molecule has 0 radical (unpaired) electrons. The van der Waals surface area contributed by atoms with Gasteiger partial charge in [-0.2, -0.15) is 0 Å². The molecular weight excluding hydrogens is 228 g/mol. The fourth-order valence-electron chi connectivity index (χ4n) is 2.67. The van der Waals surface area contributed by atoms with Crippen molar-refractivity contribution in [3.8, 4) is 0 Å². The molecule has 0 heteroatoms. The van der Waals surface area contributed by atoms with Crippen molar-refractivity contribution < 1.29 is 0 Å². The minimum atomic E-state index is 0.330. The predicted molar refractivity (Wildman–Crippen MR) is 86.8 cm³/mol. The first kappa shape index (κ1) is 16.3. The fraction of sp³-hybridized carbons (Fsp3) is 0.684. The normalized spacial score (nSPS) is 11.8. The first-order chi connectivity index (χ1) is 9.06. The van der Waals surface area contributed by atoms with Gasteiger partial charge in [-0.05, 0) is 24.3 Å². The van der Waals surface area contributed by atoms with Gasteiger partial charge in [-0.25, -0.2) is 0 Å². The molecule has 0 aromatic heterocycles. The summed E-state index contributed by atoms with van der Waals surface area (Å²) in [6.45, 7) is 9.21. The molecule has 0 aliphatic carbocycles. The summed E-state index contributed by atoms with van der Waals surface area (Å²) in [5.41, 5.74) is 3.18. The molecule has 0 saturated carbocycles. The Morgan fingerprint density at radius 2 is 1.32 bits per heavy atom. The third-order valence-electron chi connectivity index (χ3n) is 4.24. The number of benzene rings is 1. The maximum atomic E-state index is 2.38. The zero-order valence-electron chi connectivity index (χ0n) is 13.5. The Bertz CT molecular complexity index is 332. The van der Waals surface area contributed by atoms with Gasteiger partial charge >= 0.3 is 0 Å². The molecule has 0 unspecified atom stereocenters. The molecule has 108 valence electrons. The Morgan fingerprint density at radius 1 is 0.789 bits per heavy atom. The van der Waals surface area contributed by atoms with Crippen LogP contribution in [0, 0.1) is 6.92 Å². The lowest BCUT2D eigenvalue weighted by Crippen LogP contribution is -2.16. The molecule has 0 fully saturated rings. The zero-order chi connectivity index (χ0) is 14.1. The third-order valence-corrected chi connectivity index (χ3v) is 4.24. The lowest BCUT2D eigenvalue weighted by Gasteiger charge is -2.25. The molecule has 0 bridgehead atoms. The smallest absolute Gasteiger partial charge is 0.0104 e. The van der Waals surface area contributed by atoms with Gasteiger partial charge in [-0.3, -0.25) is 0 Å². The van der Waals surface area contributed by atoms with Gasteiger partial charge in [0.25, 0.3) is 0 Å². The summed E-state index contributed by atoms with van der Waals surface area (Å²) in [5, 5.41) is 0. The van der Waals surface area contributed by atoms with Gasteiger partial charge in [0.2, 0.25) is 0 Å². The Labute approximate surface area is 120 Å². The van der Waals surface area contributed by atoms with Crippen LogP contribution in [-0.4, -0.2) is 0 Å². The van der Waals surface area contributed by atoms with E-state index in [2.05, 4.69) is 52.0 Å². The number of aryl methyl sites for hydroxylation is 1. The number of hydrogen-bond donors (Lipinski definition) is 0. The first-order valence-electron chi connectivity index (χ1n) is 8.13. The van der Waals surface area contributed by atoms with Crippen molar-refractivity contribution in [3.05, 3.63) is 35.4 Å². The minimum Gasteiger partial charge on any atom is -0.0654 e. The molecule has 0 nitrogen and oxygen atoms in total. The summed E-state index contributed by atoms with van der Waals surface area (Å²) in [4.78, 5) is 0. The van der Waals surface area contributed by atoms with E-state index in [1.165, 1.54) is 62.5 Å². The van der Waals surface area contributed by atoms with Crippen molar-refractivity contribution in [2.24, 2.45) is 0 Å².